The van der Waals surface area contributed by atoms with Crippen molar-refractivity contribution in [1.29, 1.82) is 0 Å². The topological polar surface area (TPSA) is 58.8 Å². The minimum Gasteiger partial charge on any atom is -0.489 e. The molecule has 1 atom stereocenters. The molecule has 0 aliphatic carbocycles. The number of benzene rings is 1. The first-order valence-corrected chi connectivity index (χ1v) is 8.18. The van der Waals surface area contributed by atoms with Crippen LogP contribution in [0.25, 0.3) is 0 Å². The third kappa shape index (κ3) is 5.95. The van der Waals surface area contributed by atoms with Gasteiger partial charge in [0.2, 0.25) is 0 Å². The molecule has 5 nitrogen and oxygen atoms in total. The summed E-state index contributed by atoms with van der Waals surface area (Å²) in [5, 5.41) is 6.43. The van der Waals surface area contributed by atoms with Crippen LogP contribution in [-0.4, -0.2) is 25.2 Å². The van der Waals surface area contributed by atoms with Crippen LogP contribution in [0.5, 0.6) is 5.75 Å². The summed E-state index contributed by atoms with van der Waals surface area (Å²) in [6.45, 7) is 5.82. The summed E-state index contributed by atoms with van der Waals surface area (Å²) in [5.41, 5.74) is 0. The molecule has 2 N–H and O–H groups in total. The summed E-state index contributed by atoms with van der Waals surface area (Å²) in [6, 6.07) is 9.90. The molecule has 0 radical (unpaired) electrons. The molecule has 0 aliphatic rings. The Kier molecular flexibility index (Phi) is 7.14. The molecular formula is C18H24FN3O2. The molecule has 1 aromatic heterocycles. The number of aliphatic imine (C=N–C) groups is 1. The molecule has 2 rings (SSSR count). The quantitative estimate of drug-likeness (QED) is 0.575. The van der Waals surface area contributed by atoms with Crippen LogP contribution in [0, 0.1) is 5.82 Å². The number of furan rings is 1. The summed E-state index contributed by atoms with van der Waals surface area (Å²) < 4.78 is 24.3. The molecule has 0 bridgehead atoms. The number of hydrogen-bond donors (Lipinski definition) is 2. The summed E-state index contributed by atoms with van der Waals surface area (Å²) in [6.07, 6.45) is 2.34. The van der Waals surface area contributed by atoms with Crippen LogP contribution in [0.1, 0.15) is 26.0 Å². The molecule has 0 saturated carbocycles. The molecule has 0 amide bonds. The van der Waals surface area contributed by atoms with Crippen LogP contribution in [0.15, 0.2) is 52.1 Å². The Morgan fingerprint density at radius 2 is 2.12 bits per heavy atom. The van der Waals surface area contributed by atoms with E-state index in [1.54, 1.807) is 18.4 Å². The second-order valence-corrected chi connectivity index (χ2v) is 5.26. The van der Waals surface area contributed by atoms with E-state index in [-0.39, 0.29) is 11.9 Å². The van der Waals surface area contributed by atoms with E-state index in [2.05, 4.69) is 15.6 Å². The predicted octanol–water partition coefficient (Wildman–Crippen LogP) is 3.33. The van der Waals surface area contributed by atoms with Gasteiger partial charge in [-0.1, -0.05) is 13.0 Å². The third-order valence-corrected chi connectivity index (χ3v) is 3.37. The Morgan fingerprint density at radius 3 is 2.79 bits per heavy atom. The minimum atomic E-state index is -0.302. The number of hydrogen-bond acceptors (Lipinski definition) is 3. The predicted molar refractivity (Wildman–Crippen MR) is 92.6 cm³/mol. The van der Waals surface area contributed by atoms with Crippen molar-refractivity contribution in [1.82, 2.24) is 10.6 Å². The first-order valence-electron chi connectivity index (χ1n) is 8.18. The zero-order chi connectivity index (χ0) is 17.2. The zero-order valence-corrected chi connectivity index (χ0v) is 14.1. The number of ether oxygens (including phenoxy) is 1. The average molecular weight is 333 g/mol. The van der Waals surface area contributed by atoms with Crippen LogP contribution in [0.2, 0.25) is 0 Å². The molecule has 130 valence electrons. The molecule has 0 saturated heterocycles. The standard InChI is InChI=1S/C18H24FN3O2/c1-3-15(24-16-8-5-7-14(19)11-16)12-21-18(20-4-2)22-13-17-9-6-10-23-17/h5-11,15H,3-4,12-13H2,1-2H3,(H2,20,21,22). The fraction of sp³-hybridized carbons (Fsp3) is 0.389. The molecule has 0 fully saturated rings. The molecular weight excluding hydrogens is 309 g/mol. The highest BCUT2D eigenvalue weighted by Gasteiger charge is 2.10. The molecule has 6 heteroatoms. The van der Waals surface area contributed by atoms with E-state index >= 15 is 0 Å². The van der Waals surface area contributed by atoms with E-state index < -0.39 is 0 Å². The Balaban J connectivity index is 1.89. The minimum absolute atomic E-state index is 0.0840. The summed E-state index contributed by atoms with van der Waals surface area (Å²) in [5.74, 6) is 1.72. The van der Waals surface area contributed by atoms with E-state index in [1.807, 2.05) is 26.0 Å². The first-order chi connectivity index (χ1) is 11.7. The molecule has 1 aromatic carbocycles. The lowest BCUT2D eigenvalue weighted by atomic mass is 10.2. The number of halogens is 1. The summed E-state index contributed by atoms with van der Waals surface area (Å²) in [7, 11) is 0. The molecule has 1 unspecified atom stereocenters. The van der Waals surface area contributed by atoms with Crippen molar-refractivity contribution in [3.05, 3.63) is 54.2 Å². The van der Waals surface area contributed by atoms with Crippen molar-refractivity contribution in [3.63, 3.8) is 0 Å². The lowest BCUT2D eigenvalue weighted by Gasteiger charge is -2.20. The lowest BCUT2D eigenvalue weighted by molar-refractivity contribution is 0.198. The van der Waals surface area contributed by atoms with Crippen molar-refractivity contribution in [2.75, 3.05) is 13.1 Å². The fourth-order valence-electron chi connectivity index (χ4n) is 2.11. The van der Waals surface area contributed by atoms with Crippen molar-refractivity contribution < 1.29 is 13.5 Å². The van der Waals surface area contributed by atoms with Crippen LogP contribution in [0.4, 0.5) is 4.39 Å². The smallest absolute Gasteiger partial charge is 0.191 e. The van der Waals surface area contributed by atoms with Crippen molar-refractivity contribution >= 4 is 5.96 Å². The van der Waals surface area contributed by atoms with Gasteiger partial charge in [0.15, 0.2) is 5.96 Å². The first kappa shape index (κ1) is 17.8. The third-order valence-electron chi connectivity index (χ3n) is 3.37. The van der Waals surface area contributed by atoms with E-state index in [0.717, 1.165) is 18.7 Å². The Morgan fingerprint density at radius 1 is 1.25 bits per heavy atom. The second-order valence-electron chi connectivity index (χ2n) is 5.26. The maximum Gasteiger partial charge on any atom is 0.191 e. The fourth-order valence-corrected chi connectivity index (χ4v) is 2.11. The largest absolute Gasteiger partial charge is 0.489 e. The zero-order valence-electron chi connectivity index (χ0n) is 14.1. The number of guanidine groups is 1. The van der Waals surface area contributed by atoms with E-state index in [1.165, 1.54) is 12.1 Å². The van der Waals surface area contributed by atoms with Gasteiger partial charge in [0.05, 0.1) is 12.8 Å². The van der Waals surface area contributed by atoms with Gasteiger partial charge in [0.25, 0.3) is 0 Å². The normalized spacial score (nSPS) is 12.7. The van der Waals surface area contributed by atoms with Gasteiger partial charge in [-0.25, -0.2) is 9.38 Å². The highest BCUT2D eigenvalue weighted by Crippen LogP contribution is 2.14. The van der Waals surface area contributed by atoms with Gasteiger partial charge in [-0.15, -0.1) is 0 Å². The van der Waals surface area contributed by atoms with Crippen LogP contribution >= 0.6 is 0 Å². The maximum atomic E-state index is 13.2. The molecule has 2 aromatic rings. The van der Waals surface area contributed by atoms with Crippen molar-refractivity contribution in [3.8, 4) is 5.75 Å². The second kappa shape index (κ2) is 9.60. The van der Waals surface area contributed by atoms with Crippen molar-refractivity contribution in [2.24, 2.45) is 4.99 Å². The Labute approximate surface area is 141 Å². The van der Waals surface area contributed by atoms with Gasteiger partial charge in [-0.05, 0) is 37.6 Å². The van der Waals surface area contributed by atoms with Crippen LogP contribution in [0.3, 0.4) is 0 Å². The lowest BCUT2D eigenvalue weighted by Crippen LogP contribution is -2.42. The highest BCUT2D eigenvalue weighted by atomic mass is 19.1. The van der Waals surface area contributed by atoms with Gasteiger partial charge in [0.1, 0.15) is 30.0 Å². The number of rotatable bonds is 8. The Hall–Kier alpha value is -2.50. The number of nitrogens with one attached hydrogen (secondary N) is 2. The molecule has 1 heterocycles. The van der Waals surface area contributed by atoms with E-state index in [4.69, 9.17) is 9.15 Å². The van der Waals surface area contributed by atoms with E-state index in [0.29, 0.717) is 24.8 Å². The van der Waals surface area contributed by atoms with Gasteiger partial charge >= 0.3 is 0 Å². The van der Waals surface area contributed by atoms with Gasteiger partial charge < -0.3 is 19.8 Å². The van der Waals surface area contributed by atoms with Crippen molar-refractivity contribution in [2.45, 2.75) is 32.9 Å². The average Bonchev–Trinajstić information content (AvgIpc) is 3.09. The monoisotopic (exact) mass is 333 g/mol. The molecule has 0 spiro atoms. The van der Waals surface area contributed by atoms with Gasteiger partial charge in [0, 0.05) is 12.6 Å². The van der Waals surface area contributed by atoms with Crippen LogP contribution < -0.4 is 15.4 Å². The maximum absolute atomic E-state index is 13.2. The van der Waals surface area contributed by atoms with Gasteiger partial charge in [-0.3, -0.25) is 0 Å². The Bertz CT molecular complexity index is 629. The highest BCUT2D eigenvalue weighted by molar-refractivity contribution is 5.79. The molecule has 0 aliphatic heterocycles. The summed E-state index contributed by atoms with van der Waals surface area (Å²) in [4.78, 5) is 4.47. The number of nitrogens with zero attached hydrogens (tertiary/aromatic N) is 1. The SMILES string of the molecule is CCNC(=NCc1ccco1)NCC(CC)Oc1cccc(F)c1. The van der Waals surface area contributed by atoms with E-state index in [9.17, 15) is 4.39 Å². The molecule has 24 heavy (non-hydrogen) atoms. The summed E-state index contributed by atoms with van der Waals surface area (Å²) >= 11 is 0. The van der Waals surface area contributed by atoms with Crippen LogP contribution in [-0.2, 0) is 6.54 Å². The van der Waals surface area contributed by atoms with Gasteiger partial charge in [-0.2, -0.15) is 0 Å².